The number of rotatable bonds is 5. The number of carbonyl (C=O) groups excluding carboxylic acids is 2. The standard InChI is InChI=1S/C16H15ClN2O3/c1-10(22-14-4-2-3-12(17)9-14)16(21)19-13-7-5-11(6-8-13)15(18)20/h2-10H,1H3,(H2,18,20)(H,19,21)/t10-/m0/s1. The molecule has 114 valence electrons. The second-order valence-electron chi connectivity index (χ2n) is 4.65. The maximum Gasteiger partial charge on any atom is 0.265 e. The molecule has 0 aliphatic heterocycles. The first-order chi connectivity index (χ1) is 10.5. The van der Waals surface area contributed by atoms with Gasteiger partial charge in [0.05, 0.1) is 0 Å². The van der Waals surface area contributed by atoms with Crippen LogP contribution in [0.2, 0.25) is 5.02 Å². The van der Waals surface area contributed by atoms with Crippen LogP contribution < -0.4 is 15.8 Å². The Morgan fingerprint density at radius 3 is 2.45 bits per heavy atom. The van der Waals surface area contributed by atoms with Gasteiger partial charge in [0.1, 0.15) is 5.75 Å². The van der Waals surface area contributed by atoms with Crippen molar-refractivity contribution in [2.75, 3.05) is 5.32 Å². The largest absolute Gasteiger partial charge is 0.481 e. The number of amides is 2. The molecule has 0 fully saturated rings. The Bertz CT molecular complexity index is 686. The van der Waals surface area contributed by atoms with E-state index in [0.717, 1.165) is 0 Å². The molecule has 1 atom stereocenters. The minimum Gasteiger partial charge on any atom is -0.481 e. The van der Waals surface area contributed by atoms with Gasteiger partial charge >= 0.3 is 0 Å². The number of nitrogens with two attached hydrogens (primary N) is 1. The molecule has 0 aliphatic rings. The Morgan fingerprint density at radius 1 is 1.18 bits per heavy atom. The first-order valence-electron chi connectivity index (χ1n) is 6.58. The molecule has 0 bridgehead atoms. The Labute approximate surface area is 133 Å². The molecule has 6 heteroatoms. The minimum absolute atomic E-state index is 0.313. The lowest BCUT2D eigenvalue weighted by molar-refractivity contribution is -0.122. The Balaban J connectivity index is 1.97. The highest BCUT2D eigenvalue weighted by Gasteiger charge is 2.15. The summed E-state index contributed by atoms with van der Waals surface area (Å²) in [5, 5.41) is 3.23. The van der Waals surface area contributed by atoms with E-state index in [4.69, 9.17) is 22.1 Å². The average Bonchev–Trinajstić information content (AvgIpc) is 2.47. The lowest BCUT2D eigenvalue weighted by Gasteiger charge is -2.15. The summed E-state index contributed by atoms with van der Waals surface area (Å²) >= 11 is 5.86. The summed E-state index contributed by atoms with van der Waals surface area (Å²) < 4.78 is 5.52. The van der Waals surface area contributed by atoms with Crippen LogP contribution in [0, 0.1) is 0 Å². The van der Waals surface area contributed by atoms with Crippen LogP contribution in [-0.4, -0.2) is 17.9 Å². The van der Waals surface area contributed by atoms with Gasteiger partial charge in [-0.15, -0.1) is 0 Å². The molecule has 2 amide bonds. The maximum absolute atomic E-state index is 12.1. The van der Waals surface area contributed by atoms with Gasteiger partial charge in [-0.05, 0) is 49.4 Å². The molecular weight excluding hydrogens is 304 g/mol. The van der Waals surface area contributed by atoms with Crippen molar-refractivity contribution < 1.29 is 14.3 Å². The van der Waals surface area contributed by atoms with E-state index in [1.807, 2.05) is 0 Å². The number of carbonyl (C=O) groups is 2. The fourth-order valence-corrected chi connectivity index (χ4v) is 1.94. The van der Waals surface area contributed by atoms with Crippen molar-refractivity contribution in [1.29, 1.82) is 0 Å². The normalized spacial score (nSPS) is 11.5. The summed E-state index contributed by atoms with van der Waals surface area (Å²) in [6.45, 7) is 1.63. The van der Waals surface area contributed by atoms with Crippen molar-refractivity contribution in [3.63, 3.8) is 0 Å². The van der Waals surface area contributed by atoms with E-state index < -0.39 is 12.0 Å². The van der Waals surface area contributed by atoms with E-state index in [0.29, 0.717) is 22.0 Å². The first kappa shape index (κ1) is 15.9. The van der Waals surface area contributed by atoms with Crippen molar-refractivity contribution in [3.8, 4) is 5.75 Å². The zero-order valence-electron chi connectivity index (χ0n) is 11.9. The van der Waals surface area contributed by atoms with Gasteiger partial charge in [-0.3, -0.25) is 9.59 Å². The number of primary amides is 1. The molecule has 0 aromatic heterocycles. The highest BCUT2D eigenvalue weighted by atomic mass is 35.5. The van der Waals surface area contributed by atoms with Gasteiger partial charge in [0.25, 0.3) is 5.91 Å². The van der Waals surface area contributed by atoms with Crippen molar-refractivity contribution in [2.45, 2.75) is 13.0 Å². The second kappa shape index (κ2) is 6.95. The van der Waals surface area contributed by atoms with Gasteiger partial charge in [0.2, 0.25) is 5.91 Å². The van der Waals surface area contributed by atoms with E-state index in [1.165, 1.54) is 0 Å². The molecule has 2 rings (SSSR count). The number of hydrogen-bond donors (Lipinski definition) is 2. The molecular formula is C16H15ClN2O3. The zero-order chi connectivity index (χ0) is 16.1. The smallest absolute Gasteiger partial charge is 0.265 e. The van der Waals surface area contributed by atoms with Crippen LogP contribution in [0.1, 0.15) is 17.3 Å². The number of ether oxygens (including phenoxy) is 1. The Morgan fingerprint density at radius 2 is 1.86 bits per heavy atom. The van der Waals surface area contributed by atoms with Gasteiger partial charge in [0, 0.05) is 16.3 Å². The fraction of sp³-hybridized carbons (Fsp3) is 0.125. The first-order valence-corrected chi connectivity index (χ1v) is 6.96. The van der Waals surface area contributed by atoms with Crippen LogP contribution >= 0.6 is 11.6 Å². The van der Waals surface area contributed by atoms with Gasteiger partial charge in [-0.25, -0.2) is 0 Å². The average molecular weight is 319 g/mol. The molecule has 0 aliphatic carbocycles. The fourth-order valence-electron chi connectivity index (χ4n) is 1.76. The number of benzene rings is 2. The third kappa shape index (κ3) is 4.23. The van der Waals surface area contributed by atoms with Crippen LogP contribution in [-0.2, 0) is 4.79 Å². The highest BCUT2D eigenvalue weighted by Crippen LogP contribution is 2.19. The van der Waals surface area contributed by atoms with Crippen molar-refractivity contribution in [3.05, 3.63) is 59.1 Å². The second-order valence-corrected chi connectivity index (χ2v) is 5.08. The lowest BCUT2D eigenvalue weighted by Crippen LogP contribution is -2.30. The number of hydrogen-bond acceptors (Lipinski definition) is 3. The van der Waals surface area contributed by atoms with Crippen molar-refractivity contribution in [2.24, 2.45) is 5.73 Å². The van der Waals surface area contributed by atoms with Gasteiger partial charge in [-0.2, -0.15) is 0 Å². The van der Waals surface area contributed by atoms with Gasteiger partial charge < -0.3 is 15.8 Å². The summed E-state index contributed by atoms with van der Waals surface area (Å²) in [6.07, 6.45) is -0.700. The van der Waals surface area contributed by atoms with Gasteiger partial charge in [-0.1, -0.05) is 17.7 Å². The molecule has 0 heterocycles. The topological polar surface area (TPSA) is 81.4 Å². The summed E-state index contributed by atoms with van der Waals surface area (Å²) in [4.78, 5) is 23.0. The van der Waals surface area contributed by atoms with Crippen LogP contribution in [0.5, 0.6) is 5.75 Å². The predicted molar refractivity (Wildman–Crippen MR) is 85.1 cm³/mol. The van der Waals surface area contributed by atoms with Crippen LogP contribution in [0.15, 0.2) is 48.5 Å². The monoisotopic (exact) mass is 318 g/mol. The Hall–Kier alpha value is -2.53. The number of anilines is 1. The van der Waals surface area contributed by atoms with Crippen molar-refractivity contribution in [1.82, 2.24) is 0 Å². The van der Waals surface area contributed by atoms with E-state index in [2.05, 4.69) is 5.32 Å². The summed E-state index contributed by atoms with van der Waals surface area (Å²) in [5.41, 5.74) is 6.08. The molecule has 0 unspecified atom stereocenters. The van der Waals surface area contributed by atoms with E-state index >= 15 is 0 Å². The Kier molecular flexibility index (Phi) is 5.01. The number of halogens is 1. The summed E-state index contributed by atoms with van der Waals surface area (Å²) in [7, 11) is 0. The number of nitrogens with one attached hydrogen (secondary N) is 1. The highest BCUT2D eigenvalue weighted by molar-refractivity contribution is 6.30. The molecule has 2 aromatic carbocycles. The van der Waals surface area contributed by atoms with Crippen molar-refractivity contribution >= 4 is 29.1 Å². The molecule has 22 heavy (non-hydrogen) atoms. The summed E-state index contributed by atoms with van der Waals surface area (Å²) in [5.74, 6) is -0.318. The molecule has 2 aromatic rings. The quantitative estimate of drug-likeness (QED) is 0.889. The van der Waals surface area contributed by atoms with Crippen LogP contribution in [0.3, 0.4) is 0 Å². The lowest BCUT2D eigenvalue weighted by atomic mass is 10.2. The molecule has 5 nitrogen and oxygen atoms in total. The molecule has 0 spiro atoms. The van der Waals surface area contributed by atoms with E-state index in [1.54, 1.807) is 55.5 Å². The van der Waals surface area contributed by atoms with Gasteiger partial charge in [0.15, 0.2) is 6.10 Å². The van der Waals surface area contributed by atoms with Crippen LogP contribution in [0.25, 0.3) is 0 Å². The zero-order valence-corrected chi connectivity index (χ0v) is 12.6. The predicted octanol–water partition coefficient (Wildman–Crippen LogP) is 2.84. The van der Waals surface area contributed by atoms with Crippen LogP contribution in [0.4, 0.5) is 5.69 Å². The molecule has 0 saturated heterocycles. The maximum atomic E-state index is 12.1. The third-order valence-corrected chi connectivity index (χ3v) is 3.15. The molecule has 0 radical (unpaired) electrons. The SMILES string of the molecule is C[C@H](Oc1cccc(Cl)c1)C(=O)Nc1ccc(C(N)=O)cc1. The minimum atomic E-state index is -0.700. The molecule has 3 N–H and O–H groups in total. The van der Waals surface area contributed by atoms with E-state index in [9.17, 15) is 9.59 Å². The van der Waals surface area contributed by atoms with E-state index in [-0.39, 0.29) is 5.91 Å². The third-order valence-electron chi connectivity index (χ3n) is 2.92. The summed E-state index contributed by atoms with van der Waals surface area (Å²) in [6, 6.07) is 13.1. The molecule has 0 saturated carbocycles.